The van der Waals surface area contributed by atoms with E-state index in [2.05, 4.69) is 74.6 Å². The number of nitrogens with zero attached hydrogens (tertiary/aromatic N) is 1. The maximum atomic E-state index is 12.8. The lowest BCUT2D eigenvalue weighted by Crippen LogP contribution is -2.37. The summed E-state index contributed by atoms with van der Waals surface area (Å²) >= 11 is 0. The Labute approximate surface area is 360 Å². The number of phosphoric ester groups is 1. The van der Waals surface area contributed by atoms with Crippen molar-refractivity contribution in [1.29, 1.82) is 0 Å². The third-order valence-corrected chi connectivity index (χ3v) is 10.9. The molecule has 0 aromatic heterocycles. The number of rotatable bonds is 40. The van der Waals surface area contributed by atoms with Crippen molar-refractivity contribution in [3.8, 4) is 0 Å². The van der Waals surface area contributed by atoms with E-state index >= 15 is 0 Å². The number of quaternary nitrogens is 1. The van der Waals surface area contributed by atoms with E-state index < -0.39 is 32.5 Å². The van der Waals surface area contributed by atoms with Crippen LogP contribution in [0, 0.1) is 0 Å². The topological polar surface area (TPSA) is 121 Å². The number of esters is 2. The van der Waals surface area contributed by atoms with E-state index in [-0.39, 0.29) is 38.3 Å². The Bertz CT molecular complexity index is 1260. The van der Waals surface area contributed by atoms with E-state index in [0.29, 0.717) is 23.9 Å². The molecule has 0 bridgehead atoms. The van der Waals surface area contributed by atoms with Crippen molar-refractivity contribution in [3.05, 3.63) is 60.8 Å². The predicted octanol–water partition coefficient (Wildman–Crippen LogP) is 12.2. The summed E-state index contributed by atoms with van der Waals surface area (Å²) in [6.45, 7) is 4.26. The highest BCUT2D eigenvalue weighted by molar-refractivity contribution is 7.47. The Kier molecular flexibility index (Phi) is 33.7. The molecular formula is C48H85NO9P+. The van der Waals surface area contributed by atoms with Gasteiger partial charge in [0, 0.05) is 12.8 Å². The summed E-state index contributed by atoms with van der Waals surface area (Å²) in [6.07, 6.45) is 45.7. The Morgan fingerprint density at radius 3 is 1.71 bits per heavy atom. The number of hydrogen-bond acceptors (Lipinski definition) is 8. The minimum absolute atomic E-state index is 0.0135. The molecule has 1 rings (SSSR count). The number of unbranched alkanes of at least 4 members (excludes halogenated alkanes) is 13. The minimum atomic E-state index is -4.41. The van der Waals surface area contributed by atoms with E-state index in [1.807, 2.05) is 21.1 Å². The van der Waals surface area contributed by atoms with Gasteiger partial charge in [-0.25, -0.2) is 4.57 Å². The summed E-state index contributed by atoms with van der Waals surface area (Å²) < 4.78 is 40.1. The van der Waals surface area contributed by atoms with Gasteiger partial charge in [0.1, 0.15) is 19.8 Å². The van der Waals surface area contributed by atoms with E-state index in [0.717, 1.165) is 64.2 Å². The Hall–Kier alpha value is -2.33. The number of epoxide rings is 1. The molecule has 1 aliphatic rings. The van der Waals surface area contributed by atoms with Crippen LogP contribution in [0.25, 0.3) is 0 Å². The van der Waals surface area contributed by atoms with Crippen molar-refractivity contribution >= 4 is 19.8 Å². The third-order valence-electron chi connectivity index (χ3n) is 9.94. The lowest BCUT2D eigenvalue weighted by Gasteiger charge is -2.24. The average Bonchev–Trinajstić information content (AvgIpc) is 3.94. The molecule has 59 heavy (non-hydrogen) atoms. The first-order chi connectivity index (χ1) is 28.5. The van der Waals surface area contributed by atoms with Gasteiger partial charge < -0.3 is 23.6 Å². The summed E-state index contributed by atoms with van der Waals surface area (Å²) in [7, 11) is 1.42. The summed E-state index contributed by atoms with van der Waals surface area (Å²) in [5.74, 6) is -0.887. The molecule has 0 aliphatic carbocycles. The molecule has 0 saturated carbocycles. The van der Waals surface area contributed by atoms with Crippen molar-refractivity contribution in [2.24, 2.45) is 0 Å². The number of hydrogen-bond donors (Lipinski definition) is 1. The van der Waals surface area contributed by atoms with E-state index in [4.69, 9.17) is 23.3 Å². The predicted molar refractivity (Wildman–Crippen MR) is 242 cm³/mol. The van der Waals surface area contributed by atoms with E-state index in [1.54, 1.807) is 0 Å². The summed E-state index contributed by atoms with van der Waals surface area (Å²) in [5, 5.41) is 0. The first-order valence-corrected chi connectivity index (χ1v) is 24.6. The molecule has 340 valence electrons. The molecule has 1 saturated heterocycles. The first kappa shape index (κ1) is 54.7. The number of likely N-dealkylation sites (N-methyl/N-ethyl adjacent to an activating group) is 1. The van der Waals surface area contributed by atoms with Crippen LogP contribution in [0.3, 0.4) is 0 Å². The smallest absolute Gasteiger partial charge is 0.462 e. The van der Waals surface area contributed by atoms with Gasteiger partial charge in [0.2, 0.25) is 0 Å². The lowest BCUT2D eigenvalue weighted by molar-refractivity contribution is -0.870. The average molecular weight is 851 g/mol. The van der Waals surface area contributed by atoms with Gasteiger partial charge in [0.05, 0.1) is 40.0 Å². The number of ether oxygens (including phenoxy) is 3. The summed E-state index contributed by atoms with van der Waals surface area (Å²) in [4.78, 5) is 35.5. The molecule has 1 heterocycles. The second kappa shape index (κ2) is 36.3. The molecule has 0 aromatic carbocycles. The highest BCUT2D eigenvalue weighted by atomic mass is 31.2. The molecule has 0 aromatic rings. The van der Waals surface area contributed by atoms with Crippen molar-refractivity contribution in [2.45, 2.75) is 186 Å². The molecule has 1 N–H and O–H groups in total. The highest BCUT2D eigenvalue weighted by Gasteiger charge is 2.37. The molecule has 0 spiro atoms. The molecule has 1 aliphatic heterocycles. The van der Waals surface area contributed by atoms with Gasteiger partial charge in [0.15, 0.2) is 6.10 Å². The lowest BCUT2D eigenvalue weighted by atomic mass is 10.1. The molecule has 10 nitrogen and oxygen atoms in total. The van der Waals surface area contributed by atoms with Crippen LogP contribution < -0.4 is 0 Å². The first-order valence-electron chi connectivity index (χ1n) is 23.1. The van der Waals surface area contributed by atoms with Crippen molar-refractivity contribution in [1.82, 2.24) is 0 Å². The van der Waals surface area contributed by atoms with Crippen molar-refractivity contribution in [3.63, 3.8) is 0 Å². The molecule has 3 unspecified atom stereocenters. The normalized spacial score (nSPS) is 17.5. The third kappa shape index (κ3) is 37.2. The maximum Gasteiger partial charge on any atom is 0.472 e. The molecular weight excluding hydrogens is 766 g/mol. The minimum Gasteiger partial charge on any atom is -0.462 e. The molecule has 1 fully saturated rings. The number of carbonyl (C=O) groups excluding carboxylic acids is 2. The largest absolute Gasteiger partial charge is 0.472 e. The van der Waals surface area contributed by atoms with Gasteiger partial charge in [-0.05, 0) is 83.5 Å². The number of carbonyl (C=O) groups is 2. The molecule has 4 atom stereocenters. The van der Waals surface area contributed by atoms with Crippen LogP contribution in [0.5, 0.6) is 0 Å². The zero-order valence-corrected chi connectivity index (χ0v) is 38.8. The van der Waals surface area contributed by atoms with E-state index in [1.165, 1.54) is 64.2 Å². The van der Waals surface area contributed by atoms with Gasteiger partial charge in [-0.3, -0.25) is 18.6 Å². The molecule has 0 amide bonds. The quantitative estimate of drug-likeness (QED) is 0.0160. The zero-order valence-electron chi connectivity index (χ0n) is 37.9. The second-order valence-corrected chi connectivity index (χ2v) is 18.3. The van der Waals surface area contributed by atoms with Crippen LogP contribution >= 0.6 is 7.82 Å². The Morgan fingerprint density at radius 2 is 1.14 bits per heavy atom. The Balaban J connectivity index is 2.33. The van der Waals surface area contributed by atoms with Gasteiger partial charge >= 0.3 is 19.8 Å². The van der Waals surface area contributed by atoms with Crippen LogP contribution in [0.4, 0.5) is 0 Å². The Morgan fingerprint density at radius 1 is 0.627 bits per heavy atom. The summed E-state index contributed by atoms with van der Waals surface area (Å²) in [6, 6.07) is 0. The second-order valence-electron chi connectivity index (χ2n) is 16.8. The van der Waals surface area contributed by atoms with Gasteiger partial charge in [-0.15, -0.1) is 0 Å². The van der Waals surface area contributed by atoms with Gasteiger partial charge in [0.25, 0.3) is 0 Å². The fourth-order valence-electron chi connectivity index (χ4n) is 6.19. The molecule has 11 heteroatoms. The van der Waals surface area contributed by atoms with Crippen LogP contribution in [-0.2, 0) is 37.4 Å². The van der Waals surface area contributed by atoms with Crippen LogP contribution in [0.15, 0.2) is 60.8 Å². The number of phosphoric acid groups is 1. The SMILES string of the molecule is CCCCC/C=C\C/C=C\C/C=C\CC1OC1CCCC(=O)O[C@H](COC(=O)CCCCCCCCC/C=C\C/C=C\CCCCC)COP(=O)(O)OCC[N+](C)(C)C. The van der Waals surface area contributed by atoms with Crippen molar-refractivity contribution in [2.75, 3.05) is 47.5 Å². The fourth-order valence-corrected chi connectivity index (χ4v) is 6.93. The summed E-state index contributed by atoms with van der Waals surface area (Å²) in [5.41, 5.74) is 0. The van der Waals surface area contributed by atoms with E-state index in [9.17, 15) is 19.0 Å². The molecule has 0 radical (unpaired) electrons. The monoisotopic (exact) mass is 851 g/mol. The van der Waals surface area contributed by atoms with Gasteiger partial charge in [-0.1, -0.05) is 132 Å². The van der Waals surface area contributed by atoms with Crippen LogP contribution in [0.1, 0.15) is 168 Å². The van der Waals surface area contributed by atoms with Crippen LogP contribution in [0.2, 0.25) is 0 Å². The van der Waals surface area contributed by atoms with Gasteiger partial charge in [-0.2, -0.15) is 0 Å². The zero-order chi connectivity index (χ0) is 43.3. The highest BCUT2D eigenvalue weighted by Crippen LogP contribution is 2.43. The standard InChI is InChI=1S/C48H84NO9P/c1-6-8-10-12-14-16-18-20-21-22-23-24-26-28-30-32-34-38-47(50)54-42-44(43-56-59(52,53)55-41-40-49(3,4)5)57-48(51)39-35-37-46-45(58-46)36-33-31-29-27-25-19-17-15-13-11-9-7-2/h14-17,20-21,25,27,31,33,44-46H,6-13,18-19,22-24,26,28-30,32,34-43H2,1-5H3/p+1/b16-14-,17-15-,21-20-,27-25-,33-31-/t44-,45?,46?/m1/s1. The maximum absolute atomic E-state index is 12.8. The fraction of sp³-hybridized carbons (Fsp3) is 0.750. The van der Waals surface area contributed by atoms with Crippen molar-refractivity contribution < 1.29 is 46.8 Å². The number of allylic oxidation sites excluding steroid dienone is 9. The van der Waals surface area contributed by atoms with Crippen LogP contribution in [-0.4, -0.2) is 87.1 Å².